The summed E-state index contributed by atoms with van der Waals surface area (Å²) in [4.78, 5) is 14.2. The van der Waals surface area contributed by atoms with Crippen molar-refractivity contribution in [3.05, 3.63) is 78.1 Å². The Bertz CT molecular complexity index is 856. The SMILES string of the molecule is Cc1ccc(OC(C)C(=O)N(C)Cc2cnn(-c3ccccc3)c2)cc1. The molecule has 0 saturated carbocycles. The number of benzene rings is 2. The van der Waals surface area contributed by atoms with Crippen molar-refractivity contribution in [3.8, 4) is 11.4 Å². The number of para-hydroxylation sites is 1. The molecule has 26 heavy (non-hydrogen) atoms. The Morgan fingerprint density at radius 1 is 1.15 bits per heavy atom. The molecule has 0 aliphatic rings. The summed E-state index contributed by atoms with van der Waals surface area (Å²) in [7, 11) is 1.77. The number of likely N-dealkylation sites (N-methyl/N-ethyl adjacent to an activating group) is 1. The van der Waals surface area contributed by atoms with Gasteiger partial charge in [-0.25, -0.2) is 4.68 Å². The number of carbonyl (C=O) groups excluding carboxylic acids is 1. The van der Waals surface area contributed by atoms with E-state index in [1.54, 1.807) is 29.7 Å². The van der Waals surface area contributed by atoms with Crippen molar-refractivity contribution in [2.45, 2.75) is 26.5 Å². The zero-order valence-corrected chi connectivity index (χ0v) is 15.3. The highest BCUT2D eigenvalue weighted by molar-refractivity contribution is 5.80. The third kappa shape index (κ3) is 4.30. The van der Waals surface area contributed by atoms with E-state index in [0.717, 1.165) is 16.8 Å². The van der Waals surface area contributed by atoms with Crippen LogP contribution in [-0.2, 0) is 11.3 Å². The molecular weight excluding hydrogens is 326 g/mol. The first-order valence-electron chi connectivity index (χ1n) is 8.60. The number of aryl methyl sites for hydroxylation is 1. The van der Waals surface area contributed by atoms with Crippen LogP contribution in [0.1, 0.15) is 18.1 Å². The molecule has 5 nitrogen and oxygen atoms in total. The molecule has 134 valence electrons. The Labute approximate surface area is 153 Å². The van der Waals surface area contributed by atoms with Gasteiger partial charge in [-0.3, -0.25) is 4.79 Å². The highest BCUT2D eigenvalue weighted by Gasteiger charge is 2.20. The Morgan fingerprint density at radius 2 is 1.85 bits per heavy atom. The molecule has 3 aromatic rings. The maximum absolute atomic E-state index is 12.6. The van der Waals surface area contributed by atoms with Crippen molar-refractivity contribution in [2.24, 2.45) is 0 Å². The van der Waals surface area contributed by atoms with Gasteiger partial charge in [-0.05, 0) is 38.1 Å². The van der Waals surface area contributed by atoms with Crippen LogP contribution in [0.3, 0.4) is 0 Å². The standard InChI is InChI=1S/C21H23N3O2/c1-16-9-11-20(12-10-16)26-17(2)21(25)23(3)14-18-13-22-24(15-18)19-7-5-4-6-8-19/h4-13,15,17H,14H2,1-3H3. The van der Waals surface area contributed by atoms with Gasteiger partial charge in [-0.2, -0.15) is 5.10 Å². The molecule has 0 fully saturated rings. The van der Waals surface area contributed by atoms with Crippen LogP contribution in [0.15, 0.2) is 67.0 Å². The first-order chi connectivity index (χ1) is 12.5. The summed E-state index contributed by atoms with van der Waals surface area (Å²) in [5, 5.41) is 4.37. The fourth-order valence-corrected chi connectivity index (χ4v) is 2.70. The zero-order valence-electron chi connectivity index (χ0n) is 15.3. The minimum Gasteiger partial charge on any atom is -0.481 e. The maximum atomic E-state index is 12.6. The van der Waals surface area contributed by atoms with E-state index in [4.69, 9.17) is 4.74 Å². The lowest BCUT2D eigenvalue weighted by atomic mass is 10.2. The summed E-state index contributed by atoms with van der Waals surface area (Å²) < 4.78 is 7.56. The van der Waals surface area contributed by atoms with E-state index < -0.39 is 6.10 Å². The van der Waals surface area contributed by atoms with E-state index in [2.05, 4.69) is 5.10 Å². The minimum absolute atomic E-state index is 0.0713. The quantitative estimate of drug-likeness (QED) is 0.683. The molecule has 0 saturated heterocycles. The van der Waals surface area contributed by atoms with Crippen molar-refractivity contribution in [3.63, 3.8) is 0 Å². The fraction of sp³-hybridized carbons (Fsp3) is 0.238. The fourth-order valence-electron chi connectivity index (χ4n) is 2.70. The molecule has 1 atom stereocenters. The summed E-state index contributed by atoms with van der Waals surface area (Å²) >= 11 is 0. The molecule has 0 spiro atoms. The number of nitrogens with zero attached hydrogens (tertiary/aromatic N) is 3. The van der Waals surface area contributed by atoms with Gasteiger partial charge in [0, 0.05) is 25.4 Å². The van der Waals surface area contributed by atoms with E-state index >= 15 is 0 Å². The molecule has 1 amide bonds. The van der Waals surface area contributed by atoms with Gasteiger partial charge in [-0.15, -0.1) is 0 Å². The molecule has 3 rings (SSSR count). The van der Waals surface area contributed by atoms with Crippen LogP contribution in [0, 0.1) is 6.92 Å². The lowest BCUT2D eigenvalue weighted by Gasteiger charge is -2.21. The van der Waals surface area contributed by atoms with Gasteiger partial charge in [0.05, 0.1) is 11.9 Å². The number of carbonyl (C=O) groups is 1. The third-order valence-corrected chi connectivity index (χ3v) is 4.13. The van der Waals surface area contributed by atoms with Crippen molar-refractivity contribution in [2.75, 3.05) is 7.05 Å². The summed E-state index contributed by atoms with van der Waals surface area (Å²) in [6, 6.07) is 17.6. The van der Waals surface area contributed by atoms with Gasteiger partial charge in [0.15, 0.2) is 6.10 Å². The minimum atomic E-state index is -0.549. The molecule has 0 aliphatic heterocycles. The van der Waals surface area contributed by atoms with Crippen molar-refractivity contribution < 1.29 is 9.53 Å². The number of hydrogen-bond donors (Lipinski definition) is 0. The molecular formula is C21H23N3O2. The topological polar surface area (TPSA) is 47.4 Å². The number of amides is 1. The number of hydrogen-bond acceptors (Lipinski definition) is 3. The van der Waals surface area contributed by atoms with Gasteiger partial charge in [-0.1, -0.05) is 35.9 Å². The van der Waals surface area contributed by atoms with Gasteiger partial charge in [0.2, 0.25) is 0 Å². The van der Waals surface area contributed by atoms with Crippen molar-refractivity contribution in [1.82, 2.24) is 14.7 Å². The normalized spacial score (nSPS) is 11.8. The lowest BCUT2D eigenvalue weighted by molar-refractivity contribution is -0.137. The summed E-state index contributed by atoms with van der Waals surface area (Å²) in [5.41, 5.74) is 3.11. The molecule has 1 heterocycles. The second-order valence-corrected chi connectivity index (χ2v) is 6.40. The van der Waals surface area contributed by atoms with Crippen molar-refractivity contribution >= 4 is 5.91 Å². The molecule has 1 aromatic heterocycles. The second-order valence-electron chi connectivity index (χ2n) is 6.40. The highest BCUT2D eigenvalue weighted by Crippen LogP contribution is 2.15. The van der Waals surface area contributed by atoms with Crippen LogP contribution < -0.4 is 4.74 Å². The molecule has 0 aliphatic carbocycles. The smallest absolute Gasteiger partial charge is 0.263 e. The molecule has 2 aromatic carbocycles. The van der Waals surface area contributed by atoms with Crippen LogP contribution >= 0.6 is 0 Å². The highest BCUT2D eigenvalue weighted by atomic mass is 16.5. The number of ether oxygens (including phenoxy) is 1. The molecule has 0 N–H and O–H groups in total. The van der Waals surface area contributed by atoms with E-state index in [1.807, 2.05) is 67.7 Å². The Kier molecular flexibility index (Phi) is 5.37. The summed E-state index contributed by atoms with van der Waals surface area (Å²) in [6.07, 6.45) is 3.17. The lowest BCUT2D eigenvalue weighted by Crippen LogP contribution is -2.37. The Hall–Kier alpha value is -3.08. The van der Waals surface area contributed by atoms with Gasteiger partial charge >= 0.3 is 0 Å². The van der Waals surface area contributed by atoms with Crippen LogP contribution in [0.5, 0.6) is 5.75 Å². The van der Waals surface area contributed by atoms with Gasteiger partial charge < -0.3 is 9.64 Å². The molecule has 5 heteroatoms. The van der Waals surface area contributed by atoms with Gasteiger partial charge in [0.1, 0.15) is 5.75 Å². The van der Waals surface area contributed by atoms with Crippen LogP contribution in [-0.4, -0.2) is 33.7 Å². The Morgan fingerprint density at radius 3 is 2.54 bits per heavy atom. The van der Waals surface area contributed by atoms with E-state index in [1.165, 1.54) is 0 Å². The first-order valence-corrected chi connectivity index (χ1v) is 8.60. The predicted octanol–water partition coefficient (Wildman–Crippen LogP) is 3.61. The third-order valence-electron chi connectivity index (χ3n) is 4.13. The largest absolute Gasteiger partial charge is 0.481 e. The van der Waals surface area contributed by atoms with Crippen LogP contribution in [0.2, 0.25) is 0 Å². The first kappa shape index (κ1) is 17.7. The van der Waals surface area contributed by atoms with Crippen molar-refractivity contribution in [1.29, 1.82) is 0 Å². The number of aromatic nitrogens is 2. The zero-order chi connectivity index (χ0) is 18.5. The average Bonchev–Trinajstić information content (AvgIpc) is 3.12. The predicted molar refractivity (Wildman–Crippen MR) is 101 cm³/mol. The molecule has 1 unspecified atom stereocenters. The average molecular weight is 349 g/mol. The van der Waals surface area contributed by atoms with Gasteiger partial charge in [0.25, 0.3) is 5.91 Å². The number of rotatable bonds is 6. The molecule has 0 bridgehead atoms. The summed E-state index contributed by atoms with van der Waals surface area (Å²) in [6.45, 7) is 4.26. The van der Waals surface area contributed by atoms with Crippen LogP contribution in [0.4, 0.5) is 0 Å². The Balaban J connectivity index is 1.60. The summed E-state index contributed by atoms with van der Waals surface area (Å²) in [5.74, 6) is 0.625. The molecule has 0 radical (unpaired) electrons. The maximum Gasteiger partial charge on any atom is 0.263 e. The van der Waals surface area contributed by atoms with E-state index in [-0.39, 0.29) is 5.91 Å². The monoisotopic (exact) mass is 349 g/mol. The van der Waals surface area contributed by atoms with E-state index in [0.29, 0.717) is 12.3 Å². The van der Waals surface area contributed by atoms with E-state index in [9.17, 15) is 4.79 Å². The van der Waals surface area contributed by atoms with Crippen LogP contribution in [0.25, 0.3) is 5.69 Å². The second kappa shape index (κ2) is 7.87.